The van der Waals surface area contributed by atoms with Crippen molar-refractivity contribution in [1.82, 2.24) is 9.88 Å². The Kier molecular flexibility index (Phi) is 6.07. The van der Waals surface area contributed by atoms with Crippen LogP contribution in [-0.4, -0.2) is 52.2 Å². The van der Waals surface area contributed by atoms with E-state index >= 15 is 0 Å². The molecule has 1 fully saturated rings. The lowest BCUT2D eigenvalue weighted by atomic mass is 10.0. The Bertz CT molecular complexity index is 1540. The van der Waals surface area contributed by atoms with Crippen molar-refractivity contribution >= 4 is 52.8 Å². The van der Waals surface area contributed by atoms with E-state index in [1.54, 1.807) is 44.2 Å². The molecule has 3 aromatic rings. The number of imide groups is 1. The first kappa shape index (κ1) is 24.6. The van der Waals surface area contributed by atoms with Gasteiger partial charge >= 0.3 is 18.2 Å². The number of fused-ring (bicyclic) bond motifs is 1. The fourth-order valence-corrected chi connectivity index (χ4v) is 4.51. The van der Waals surface area contributed by atoms with Gasteiger partial charge in [0.15, 0.2) is 5.75 Å². The molecule has 2 aliphatic heterocycles. The third kappa shape index (κ3) is 4.32. The number of aromatic amines is 1. The number of benzene rings is 2. The number of para-hydroxylation sites is 1. The normalized spacial score (nSPS) is 15.6. The van der Waals surface area contributed by atoms with Crippen LogP contribution in [0, 0.1) is 19.7 Å². The van der Waals surface area contributed by atoms with E-state index < -0.39 is 24.0 Å². The number of carbonyl (C=O) groups is 4. The SMILES string of the molecule is Cc1[nH]c(/C=C2\C(=O)Nc3cc(NC(=O)N4CCN(c5ccccc5F)C4=O)ccc32)c(C)c1OC(=O)O. The van der Waals surface area contributed by atoms with Crippen LogP contribution in [0.1, 0.15) is 22.5 Å². The molecular weight excluding hydrogens is 497 g/mol. The number of hydrogen-bond donors (Lipinski definition) is 4. The molecule has 0 aliphatic carbocycles. The molecule has 2 aliphatic rings. The molecule has 4 N–H and O–H groups in total. The minimum absolute atomic E-state index is 0.0794. The number of carbonyl (C=O) groups excluding carboxylic acids is 3. The lowest BCUT2D eigenvalue weighted by Crippen LogP contribution is -2.39. The molecule has 5 rings (SSSR count). The van der Waals surface area contributed by atoms with Crippen molar-refractivity contribution in [2.45, 2.75) is 13.8 Å². The maximum absolute atomic E-state index is 14.1. The van der Waals surface area contributed by atoms with E-state index in [2.05, 4.69) is 15.6 Å². The summed E-state index contributed by atoms with van der Waals surface area (Å²) in [5.41, 5.74) is 3.34. The number of aromatic nitrogens is 1. The van der Waals surface area contributed by atoms with Gasteiger partial charge in [-0.15, -0.1) is 0 Å². The van der Waals surface area contributed by atoms with Gasteiger partial charge < -0.3 is 25.5 Å². The molecular formula is C26H22FN5O6. The van der Waals surface area contributed by atoms with Crippen molar-refractivity contribution in [3.8, 4) is 5.75 Å². The van der Waals surface area contributed by atoms with Crippen LogP contribution in [0.25, 0.3) is 11.6 Å². The minimum atomic E-state index is -1.44. The number of hydrogen-bond acceptors (Lipinski definition) is 5. The molecule has 5 amide bonds. The lowest BCUT2D eigenvalue weighted by Gasteiger charge is -2.18. The number of halogens is 1. The van der Waals surface area contributed by atoms with Gasteiger partial charge in [0.25, 0.3) is 5.91 Å². The molecule has 194 valence electrons. The number of aryl methyl sites for hydroxylation is 1. The summed E-state index contributed by atoms with van der Waals surface area (Å²) in [4.78, 5) is 54.5. The molecule has 0 unspecified atom stereocenters. The first-order valence-electron chi connectivity index (χ1n) is 11.6. The van der Waals surface area contributed by atoms with Gasteiger partial charge in [-0.1, -0.05) is 18.2 Å². The Morgan fingerprint density at radius 2 is 1.89 bits per heavy atom. The number of rotatable bonds is 4. The highest BCUT2D eigenvalue weighted by atomic mass is 19.1. The van der Waals surface area contributed by atoms with Gasteiger partial charge in [0.1, 0.15) is 5.82 Å². The Morgan fingerprint density at radius 3 is 2.63 bits per heavy atom. The topological polar surface area (TPSA) is 144 Å². The zero-order chi connectivity index (χ0) is 27.1. The molecule has 1 saturated heterocycles. The maximum Gasteiger partial charge on any atom is 0.511 e. The number of carboxylic acid groups (broad SMARTS) is 1. The number of nitrogens with one attached hydrogen (secondary N) is 3. The number of nitrogens with zero attached hydrogens (tertiary/aromatic N) is 2. The van der Waals surface area contributed by atoms with Crippen LogP contribution >= 0.6 is 0 Å². The van der Waals surface area contributed by atoms with E-state index in [4.69, 9.17) is 9.84 Å². The second-order valence-electron chi connectivity index (χ2n) is 8.73. The zero-order valence-electron chi connectivity index (χ0n) is 20.3. The number of H-pyrrole nitrogens is 1. The van der Waals surface area contributed by atoms with E-state index in [0.717, 1.165) is 4.90 Å². The summed E-state index contributed by atoms with van der Waals surface area (Å²) < 4.78 is 19.0. The highest BCUT2D eigenvalue weighted by Gasteiger charge is 2.35. The summed E-state index contributed by atoms with van der Waals surface area (Å²) in [6.45, 7) is 3.56. The lowest BCUT2D eigenvalue weighted by molar-refractivity contribution is -0.110. The van der Waals surface area contributed by atoms with Gasteiger partial charge in [-0.05, 0) is 44.2 Å². The predicted octanol–water partition coefficient (Wildman–Crippen LogP) is 4.79. The van der Waals surface area contributed by atoms with Crippen LogP contribution in [-0.2, 0) is 4.79 Å². The average Bonchev–Trinajstić information content (AvgIpc) is 3.48. The molecule has 0 radical (unpaired) electrons. The Morgan fingerprint density at radius 1 is 1.13 bits per heavy atom. The van der Waals surface area contributed by atoms with Crippen LogP contribution in [0.4, 0.5) is 35.8 Å². The monoisotopic (exact) mass is 519 g/mol. The van der Waals surface area contributed by atoms with Crippen LogP contribution in [0.2, 0.25) is 0 Å². The summed E-state index contributed by atoms with van der Waals surface area (Å²) in [7, 11) is 0. The molecule has 0 bridgehead atoms. The zero-order valence-corrected chi connectivity index (χ0v) is 20.3. The van der Waals surface area contributed by atoms with Crippen molar-refractivity contribution in [3.05, 3.63) is 70.8 Å². The summed E-state index contributed by atoms with van der Waals surface area (Å²) in [5.74, 6) is -0.770. The minimum Gasteiger partial charge on any atom is -0.449 e. The summed E-state index contributed by atoms with van der Waals surface area (Å²) in [6, 6.07) is 9.31. The van der Waals surface area contributed by atoms with Gasteiger partial charge in [-0.25, -0.2) is 23.7 Å². The van der Waals surface area contributed by atoms with Crippen molar-refractivity contribution < 1.29 is 33.4 Å². The fraction of sp³-hybridized carbons (Fsp3) is 0.154. The summed E-state index contributed by atoms with van der Waals surface area (Å²) >= 11 is 0. The van der Waals surface area contributed by atoms with Gasteiger partial charge in [0.05, 0.1) is 29.2 Å². The highest BCUT2D eigenvalue weighted by molar-refractivity contribution is 6.35. The van der Waals surface area contributed by atoms with Gasteiger partial charge in [-0.3, -0.25) is 9.69 Å². The maximum atomic E-state index is 14.1. The molecule has 0 atom stereocenters. The van der Waals surface area contributed by atoms with Crippen molar-refractivity contribution in [2.24, 2.45) is 0 Å². The van der Waals surface area contributed by atoms with Crippen molar-refractivity contribution in [2.75, 3.05) is 28.6 Å². The molecule has 38 heavy (non-hydrogen) atoms. The van der Waals surface area contributed by atoms with Gasteiger partial charge in [-0.2, -0.15) is 0 Å². The largest absolute Gasteiger partial charge is 0.511 e. The van der Waals surface area contributed by atoms with Crippen LogP contribution < -0.4 is 20.3 Å². The predicted molar refractivity (Wildman–Crippen MR) is 137 cm³/mol. The quantitative estimate of drug-likeness (QED) is 0.288. The van der Waals surface area contributed by atoms with E-state index in [1.807, 2.05) is 0 Å². The van der Waals surface area contributed by atoms with Crippen molar-refractivity contribution in [3.63, 3.8) is 0 Å². The Hall–Kier alpha value is -5.13. The molecule has 12 heteroatoms. The third-order valence-corrected chi connectivity index (χ3v) is 6.34. The van der Waals surface area contributed by atoms with Crippen molar-refractivity contribution in [1.29, 1.82) is 0 Å². The van der Waals surface area contributed by atoms with Crippen LogP contribution in [0.15, 0.2) is 42.5 Å². The van der Waals surface area contributed by atoms with E-state index in [-0.39, 0.29) is 30.4 Å². The number of ether oxygens (including phenoxy) is 1. The van der Waals surface area contributed by atoms with Gasteiger partial charge in [0.2, 0.25) is 0 Å². The second-order valence-corrected chi connectivity index (χ2v) is 8.73. The molecule has 0 saturated carbocycles. The average molecular weight is 519 g/mol. The molecule has 11 nitrogen and oxygen atoms in total. The van der Waals surface area contributed by atoms with Gasteiger partial charge in [0, 0.05) is 29.1 Å². The molecule has 1 aromatic heterocycles. The highest BCUT2D eigenvalue weighted by Crippen LogP contribution is 2.37. The number of amides is 5. The smallest absolute Gasteiger partial charge is 0.449 e. The first-order valence-corrected chi connectivity index (χ1v) is 11.6. The fourth-order valence-electron chi connectivity index (χ4n) is 4.51. The van der Waals surface area contributed by atoms with Crippen LogP contribution in [0.3, 0.4) is 0 Å². The van der Waals surface area contributed by atoms with Crippen LogP contribution in [0.5, 0.6) is 5.75 Å². The molecule has 3 heterocycles. The van der Waals surface area contributed by atoms with E-state index in [9.17, 15) is 23.6 Å². The molecule has 2 aromatic carbocycles. The summed E-state index contributed by atoms with van der Waals surface area (Å²) in [6.07, 6.45) is 0.153. The third-order valence-electron chi connectivity index (χ3n) is 6.34. The Balaban J connectivity index is 1.34. The standard InChI is InChI=1S/C26H22FN5O6/c1-13-19(28-14(2)22(13)38-26(36)37)12-17-16-8-7-15(11-20(16)30-23(17)33)29-24(34)32-10-9-31(25(32)35)21-6-4-3-5-18(21)27/h3-8,11-12,28H,9-10H2,1-2H3,(H,29,34)(H,30,33)(H,36,37)/b17-12-. The van der Waals surface area contributed by atoms with E-state index in [1.165, 1.54) is 23.1 Å². The Labute approximate surface area is 215 Å². The first-order chi connectivity index (χ1) is 18.1. The number of urea groups is 2. The summed E-state index contributed by atoms with van der Waals surface area (Å²) in [5, 5.41) is 14.3. The number of anilines is 3. The van der Waals surface area contributed by atoms with E-state index in [0.29, 0.717) is 39.5 Å². The second kappa shape index (κ2) is 9.39. The molecule has 0 spiro atoms.